The Morgan fingerprint density at radius 1 is 0.523 bits per heavy atom. The first-order valence-electron chi connectivity index (χ1n) is 15.1. The van der Waals surface area contributed by atoms with Crippen molar-refractivity contribution in [1.82, 2.24) is 0 Å². The number of anilines is 3. The zero-order chi connectivity index (χ0) is 29.0. The van der Waals surface area contributed by atoms with Gasteiger partial charge in [-0.3, -0.25) is 0 Å². The van der Waals surface area contributed by atoms with Crippen molar-refractivity contribution < 1.29 is 0 Å². The molecule has 0 saturated heterocycles. The summed E-state index contributed by atoms with van der Waals surface area (Å²) in [5.74, 6) is 0. The molecule has 0 radical (unpaired) electrons. The van der Waals surface area contributed by atoms with Crippen molar-refractivity contribution in [3.8, 4) is 11.1 Å². The molecule has 2 nitrogen and oxygen atoms in total. The molecule has 9 rings (SSSR count). The molecule has 208 valence electrons. The molecule has 1 aliphatic heterocycles. The number of benzene rings is 7. The fourth-order valence-electron chi connectivity index (χ4n) is 6.78. The van der Waals surface area contributed by atoms with Crippen LogP contribution in [0.5, 0.6) is 0 Å². The van der Waals surface area contributed by atoms with E-state index in [0.717, 1.165) is 17.9 Å². The Kier molecular flexibility index (Phi) is 5.78. The van der Waals surface area contributed by atoms with Gasteiger partial charge in [-0.1, -0.05) is 109 Å². The third kappa shape index (κ3) is 4.01. The molecule has 0 aliphatic carbocycles. The van der Waals surface area contributed by atoms with Crippen LogP contribution in [0.1, 0.15) is 5.56 Å². The second kappa shape index (κ2) is 10.1. The van der Waals surface area contributed by atoms with E-state index < -0.39 is 0 Å². The molecule has 0 spiro atoms. The first-order chi connectivity index (χ1) is 21.8. The smallest absolute Gasteiger partial charge is 0.0992 e. The first kappa shape index (κ1) is 25.1. The van der Waals surface area contributed by atoms with Crippen LogP contribution < -0.4 is 10.2 Å². The Balaban J connectivity index is 1.17. The lowest BCUT2D eigenvalue weighted by molar-refractivity contribution is 1.24. The molecule has 0 bridgehead atoms. The van der Waals surface area contributed by atoms with Gasteiger partial charge in [-0.05, 0) is 85.9 Å². The van der Waals surface area contributed by atoms with Crippen LogP contribution in [0, 0.1) is 0 Å². The SMILES string of the molecule is C1=C(N(c2ccccc2)c2ccc(-c3ccc4ccc5ccc6ccccc6c5c4c3)cc2)c2c(sc3ccccc23)NC1. The number of thiophene rings is 1. The zero-order valence-corrected chi connectivity index (χ0v) is 24.8. The number of hydrogen-bond acceptors (Lipinski definition) is 3. The molecule has 2 heterocycles. The lowest BCUT2D eigenvalue weighted by Gasteiger charge is -2.30. The average molecular weight is 581 g/mol. The van der Waals surface area contributed by atoms with Gasteiger partial charge in [0.25, 0.3) is 0 Å². The van der Waals surface area contributed by atoms with Crippen molar-refractivity contribution in [1.29, 1.82) is 0 Å². The molecule has 0 fully saturated rings. The highest BCUT2D eigenvalue weighted by molar-refractivity contribution is 7.23. The molecule has 0 atom stereocenters. The summed E-state index contributed by atoms with van der Waals surface area (Å²) in [4.78, 5) is 2.41. The highest BCUT2D eigenvalue weighted by Gasteiger charge is 2.25. The second-order valence-corrected chi connectivity index (χ2v) is 12.4. The van der Waals surface area contributed by atoms with Crippen molar-refractivity contribution in [3.05, 3.63) is 157 Å². The Morgan fingerprint density at radius 3 is 2.00 bits per heavy atom. The highest BCUT2D eigenvalue weighted by atomic mass is 32.1. The van der Waals surface area contributed by atoms with Crippen LogP contribution >= 0.6 is 11.3 Å². The van der Waals surface area contributed by atoms with Crippen LogP contribution in [-0.2, 0) is 0 Å². The first-order valence-corrected chi connectivity index (χ1v) is 15.9. The minimum Gasteiger partial charge on any atom is -0.373 e. The van der Waals surface area contributed by atoms with E-state index in [0.29, 0.717) is 0 Å². The van der Waals surface area contributed by atoms with E-state index in [9.17, 15) is 0 Å². The lowest BCUT2D eigenvalue weighted by Crippen LogP contribution is -2.20. The summed E-state index contributed by atoms with van der Waals surface area (Å²) in [6.45, 7) is 0.802. The molecule has 1 aliphatic rings. The van der Waals surface area contributed by atoms with Gasteiger partial charge in [0.2, 0.25) is 0 Å². The Morgan fingerprint density at radius 2 is 1.16 bits per heavy atom. The van der Waals surface area contributed by atoms with Crippen LogP contribution in [0.15, 0.2) is 152 Å². The van der Waals surface area contributed by atoms with E-state index in [4.69, 9.17) is 0 Å². The van der Waals surface area contributed by atoms with Crippen molar-refractivity contribution in [3.63, 3.8) is 0 Å². The predicted molar refractivity (Wildman–Crippen MR) is 191 cm³/mol. The maximum absolute atomic E-state index is 3.62. The van der Waals surface area contributed by atoms with Crippen LogP contribution in [0.3, 0.4) is 0 Å². The lowest BCUT2D eigenvalue weighted by atomic mass is 9.94. The Labute approximate surface area is 260 Å². The number of para-hydroxylation sites is 1. The summed E-state index contributed by atoms with van der Waals surface area (Å²) in [6, 6.07) is 53.1. The molecule has 44 heavy (non-hydrogen) atoms. The molecule has 3 heteroatoms. The van der Waals surface area contributed by atoms with Gasteiger partial charge < -0.3 is 10.2 Å². The third-order valence-electron chi connectivity index (χ3n) is 8.85. The fourth-order valence-corrected chi connectivity index (χ4v) is 7.90. The minimum absolute atomic E-state index is 0.802. The topological polar surface area (TPSA) is 15.3 Å². The van der Waals surface area contributed by atoms with E-state index in [2.05, 4.69) is 162 Å². The van der Waals surface area contributed by atoms with Gasteiger partial charge in [-0.15, -0.1) is 11.3 Å². The summed E-state index contributed by atoms with van der Waals surface area (Å²) in [6.07, 6.45) is 2.32. The molecule has 0 unspecified atom stereocenters. The fraction of sp³-hybridized carbons (Fsp3) is 0.0244. The predicted octanol–water partition coefficient (Wildman–Crippen LogP) is 11.6. The number of fused-ring (bicyclic) bond motifs is 8. The van der Waals surface area contributed by atoms with Crippen molar-refractivity contribution in [2.45, 2.75) is 0 Å². The van der Waals surface area contributed by atoms with Crippen LogP contribution in [0.4, 0.5) is 16.4 Å². The molecular formula is C41H28N2S. The van der Waals surface area contributed by atoms with E-state index in [1.807, 2.05) is 11.3 Å². The highest BCUT2D eigenvalue weighted by Crippen LogP contribution is 2.46. The molecule has 1 aromatic heterocycles. The number of rotatable bonds is 4. The normalized spacial score (nSPS) is 12.8. The van der Waals surface area contributed by atoms with E-state index in [1.54, 1.807) is 0 Å². The summed E-state index contributed by atoms with van der Waals surface area (Å²) < 4.78 is 1.30. The molecule has 8 aromatic rings. The van der Waals surface area contributed by atoms with Gasteiger partial charge in [0.15, 0.2) is 0 Å². The molecule has 0 amide bonds. The maximum Gasteiger partial charge on any atom is 0.0992 e. The minimum atomic E-state index is 0.802. The summed E-state index contributed by atoms with van der Waals surface area (Å²) in [5, 5.41) is 13.9. The van der Waals surface area contributed by atoms with E-state index >= 15 is 0 Å². The Hall–Kier alpha value is -5.38. The van der Waals surface area contributed by atoms with Crippen LogP contribution in [0.25, 0.3) is 59.2 Å². The van der Waals surface area contributed by atoms with Crippen molar-refractivity contribution in [2.75, 3.05) is 16.8 Å². The average Bonchev–Trinajstić information content (AvgIpc) is 3.48. The molecule has 1 N–H and O–H groups in total. The van der Waals surface area contributed by atoms with Gasteiger partial charge in [0.05, 0.1) is 10.7 Å². The monoisotopic (exact) mass is 580 g/mol. The van der Waals surface area contributed by atoms with Crippen LogP contribution in [0.2, 0.25) is 0 Å². The van der Waals surface area contributed by atoms with Gasteiger partial charge in [0, 0.05) is 33.6 Å². The Bertz CT molecular complexity index is 2380. The summed E-state index contributed by atoms with van der Waals surface area (Å²) in [5.41, 5.74) is 7.23. The third-order valence-corrected chi connectivity index (χ3v) is 9.98. The standard InChI is InChI=1S/C41H28N2S/c1-2-9-32(10-3-1)43(37-24-25-42-41-40(37)35-12-6-7-13-38(35)44-41)33-22-20-27(21-23-33)31-19-16-29-15-18-30-17-14-28-8-4-5-11-34(28)39(30)36(29)26-31/h1-24,26,42H,25H2. The second-order valence-electron chi connectivity index (χ2n) is 11.4. The quantitative estimate of drug-likeness (QED) is 0.208. The van der Waals surface area contributed by atoms with Crippen molar-refractivity contribution >= 4 is 75.8 Å². The number of nitrogens with zero attached hydrogens (tertiary/aromatic N) is 1. The molecular weight excluding hydrogens is 553 g/mol. The van der Waals surface area contributed by atoms with Gasteiger partial charge in [-0.25, -0.2) is 0 Å². The van der Waals surface area contributed by atoms with E-state index in [-0.39, 0.29) is 0 Å². The number of nitrogens with one attached hydrogen (secondary N) is 1. The summed E-state index contributed by atoms with van der Waals surface area (Å²) >= 11 is 1.83. The zero-order valence-electron chi connectivity index (χ0n) is 24.0. The van der Waals surface area contributed by atoms with E-state index in [1.165, 1.54) is 69.8 Å². The van der Waals surface area contributed by atoms with Gasteiger partial charge in [-0.2, -0.15) is 0 Å². The molecule has 7 aromatic carbocycles. The largest absolute Gasteiger partial charge is 0.373 e. The van der Waals surface area contributed by atoms with Gasteiger partial charge in [0.1, 0.15) is 0 Å². The summed E-state index contributed by atoms with van der Waals surface area (Å²) in [7, 11) is 0. The maximum atomic E-state index is 3.62. The van der Waals surface area contributed by atoms with Gasteiger partial charge >= 0.3 is 0 Å². The number of hydrogen-bond donors (Lipinski definition) is 1. The van der Waals surface area contributed by atoms with Crippen molar-refractivity contribution in [2.24, 2.45) is 0 Å². The molecule has 0 saturated carbocycles. The van der Waals surface area contributed by atoms with Crippen LogP contribution in [-0.4, -0.2) is 6.54 Å².